The lowest BCUT2D eigenvalue weighted by Gasteiger charge is -2.11. The lowest BCUT2D eigenvalue weighted by molar-refractivity contribution is 0.101. The normalized spacial score (nSPS) is 10.1. The molecule has 4 nitrogen and oxygen atoms in total. The molecule has 25 heavy (non-hydrogen) atoms. The first-order valence-electron chi connectivity index (χ1n) is 7.66. The molecule has 3 aromatic rings. The van der Waals surface area contributed by atoms with Crippen molar-refractivity contribution in [1.82, 2.24) is 0 Å². The SMILES string of the molecule is O=C(Nc1ccc(Br)c(NC(=O)c2ccccc2)c1)c1ccccc1. The van der Waals surface area contributed by atoms with Crippen molar-refractivity contribution in [3.8, 4) is 0 Å². The molecule has 0 aliphatic heterocycles. The molecule has 3 aromatic carbocycles. The quantitative estimate of drug-likeness (QED) is 0.657. The van der Waals surface area contributed by atoms with Crippen LogP contribution in [0.15, 0.2) is 83.3 Å². The zero-order chi connectivity index (χ0) is 17.6. The number of halogens is 1. The van der Waals surface area contributed by atoms with Gasteiger partial charge in [0.05, 0.1) is 5.69 Å². The predicted octanol–water partition coefficient (Wildman–Crippen LogP) is 4.95. The Balaban J connectivity index is 1.76. The van der Waals surface area contributed by atoms with Gasteiger partial charge in [-0.2, -0.15) is 0 Å². The van der Waals surface area contributed by atoms with Crippen molar-refractivity contribution < 1.29 is 9.59 Å². The Morgan fingerprint density at radius 3 is 1.76 bits per heavy atom. The molecular weight excluding hydrogens is 380 g/mol. The lowest BCUT2D eigenvalue weighted by atomic mass is 10.2. The summed E-state index contributed by atoms with van der Waals surface area (Å²) < 4.78 is 0.731. The van der Waals surface area contributed by atoms with Crippen LogP contribution in [0.2, 0.25) is 0 Å². The predicted molar refractivity (Wildman–Crippen MR) is 103 cm³/mol. The minimum Gasteiger partial charge on any atom is -0.322 e. The smallest absolute Gasteiger partial charge is 0.255 e. The molecule has 0 radical (unpaired) electrons. The van der Waals surface area contributed by atoms with Crippen molar-refractivity contribution in [3.05, 3.63) is 94.5 Å². The first-order valence-corrected chi connectivity index (χ1v) is 8.45. The van der Waals surface area contributed by atoms with Crippen LogP contribution in [-0.4, -0.2) is 11.8 Å². The van der Waals surface area contributed by atoms with Gasteiger partial charge in [0.15, 0.2) is 0 Å². The maximum atomic E-state index is 12.3. The van der Waals surface area contributed by atoms with Gasteiger partial charge in [0.1, 0.15) is 0 Å². The number of carbonyl (C=O) groups is 2. The molecule has 0 fully saturated rings. The van der Waals surface area contributed by atoms with Crippen molar-refractivity contribution >= 4 is 39.1 Å². The molecule has 0 aliphatic rings. The highest BCUT2D eigenvalue weighted by molar-refractivity contribution is 9.10. The van der Waals surface area contributed by atoms with Crippen LogP contribution in [-0.2, 0) is 0 Å². The van der Waals surface area contributed by atoms with E-state index in [1.165, 1.54) is 0 Å². The Bertz CT molecular complexity index is 896. The molecule has 0 saturated heterocycles. The molecule has 0 aliphatic carbocycles. The molecule has 0 heterocycles. The Morgan fingerprint density at radius 2 is 1.20 bits per heavy atom. The molecule has 0 saturated carbocycles. The molecule has 124 valence electrons. The fraction of sp³-hybridized carbons (Fsp3) is 0. The van der Waals surface area contributed by atoms with E-state index in [1.54, 1.807) is 54.6 Å². The third kappa shape index (κ3) is 4.33. The number of carbonyl (C=O) groups excluding carboxylic acids is 2. The number of rotatable bonds is 4. The standard InChI is InChI=1S/C20H15BrN2O2/c21-17-12-11-16(22-19(24)14-7-3-1-4-8-14)13-18(17)23-20(25)15-9-5-2-6-10-15/h1-13H,(H,22,24)(H,23,25). The van der Waals surface area contributed by atoms with Crippen molar-refractivity contribution in [2.45, 2.75) is 0 Å². The van der Waals surface area contributed by atoms with Crippen LogP contribution in [0.1, 0.15) is 20.7 Å². The average molecular weight is 395 g/mol. The summed E-state index contributed by atoms with van der Waals surface area (Å²) >= 11 is 3.42. The summed E-state index contributed by atoms with van der Waals surface area (Å²) in [6.07, 6.45) is 0. The van der Waals surface area contributed by atoms with Crippen LogP contribution in [0.5, 0.6) is 0 Å². The Labute approximate surface area is 154 Å². The molecule has 2 amide bonds. The van der Waals surface area contributed by atoms with Crippen LogP contribution in [0.25, 0.3) is 0 Å². The van der Waals surface area contributed by atoms with Crippen molar-refractivity contribution in [3.63, 3.8) is 0 Å². The Hall–Kier alpha value is -2.92. The molecule has 0 spiro atoms. The van der Waals surface area contributed by atoms with E-state index in [-0.39, 0.29) is 11.8 Å². The number of anilines is 2. The molecule has 5 heteroatoms. The van der Waals surface area contributed by atoms with E-state index in [0.717, 1.165) is 4.47 Å². The van der Waals surface area contributed by atoms with Gasteiger partial charge in [0.2, 0.25) is 0 Å². The van der Waals surface area contributed by atoms with Gasteiger partial charge < -0.3 is 10.6 Å². The van der Waals surface area contributed by atoms with Gasteiger partial charge in [-0.25, -0.2) is 0 Å². The minimum absolute atomic E-state index is 0.205. The van der Waals surface area contributed by atoms with E-state index in [4.69, 9.17) is 0 Å². The Morgan fingerprint density at radius 1 is 0.680 bits per heavy atom. The number of amides is 2. The first-order chi connectivity index (χ1) is 12.1. The van der Waals surface area contributed by atoms with Crippen molar-refractivity contribution in [1.29, 1.82) is 0 Å². The molecule has 0 atom stereocenters. The van der Waals surface area contributed by atoms with E-state index < -0.39 is 0 Å². The number of benzene rings is 3. The summed E-state index contributed by atoms with van der Waals surface area (Å²) in [5.41, 5.74) is 2.31. The van der Waals surface area contributed by atoms with E-state index in [9.17, 15) is 9.59 Å². The van der Waals surface area contributed by atoms with Crippen molar-refractivity contribution in [2.24, 2.45) is 0 Å². The maximum absolute atomic E-state index is 12.3. The van der Waals surface area contributed by atoms with Gasteiger partial charge in [0.25, 0.3) is 11.8 Å². The van der Waals surface area contributed by atoms with Gasteiger partial charge in [-0.15, -0.1) is 0 Å². The topological polar surface area (TPSA) is 58.2 Å². The van der Waals surface area contributed by atoms with E-state index in [2.05, 4.69) is 26.6 Å². The third-order valence-corrected chi connectivity index (χ3v) is 4.24. The third-order valence-electron chi connectivity index (χ3n) is 3.54. The zero-order valence-corrected chi connectivity index (χ0v) is 14.8. The highest BCUT2D eigenvalue weighted by atomic mass is 79.9. The van der Waals surface area contributed by atoms with Gasteiger partial charge >= 0.3 is 0 Å². The van der Waals surface area contributed by atoms with E-state index in [1.807, 2.05) is 24.3 Å². The minimum atomic E-state index is -0.215. The highest BCUT2D eigenvalue weighted by Gasteiger charge is 2.10. The largest absolute Gasteiger partial charge is 0.322 e. The fourth-order valence-corrected chi connectivity index (χ4v) is 2.62. The lowest BCUT2D eigenvalue weighted by Crippen LogP contribution is -2.14. The second kappa shape index (κ2) is 7.77. The second-order valence-electron chi connectivity index (χ2n) is 5.33. The van der Waals surface area contributed by atoms with Gasteiger partial charge in [-0.1, -0.05) is 36.4 Å². The number of hydrogen-bond acceptors (Lipinski definition) is 2. The summed E-state index contributed by atoms with van der Waals surface area (Å²) in [4.78, 5) is 24.5. The molecule has 3 rings (SSSR count). The summed E-state index contributed by atoms with van der Waals surface area (Å²) in [7, 11) is 0. The summed E-state index contributed by atoms with van der Waals surface area (Å²) in [6, 6.07) is 23.2. The molecule has 0 aromatic heterocycles. The van der Waals surface area contributed by atoms with Crippen LogP contribution >= 0.6 is 15.9 Å². The van der Waals surface area contributed by atoms with E-state index >= 15 is 0 Å². The van der Waals surface area contributed by atoms with Crippen LogP contribution in [0.3, 0.4) is 0 Å². The van der Waals surface area contributed by atoms with Crippen LogP contribution in [0.4, 0.5) is 11.4 Å². The molecule has 0 unspecified atom stereocenters. The maximum Gasteiger partial charge on any atom is 0.255 e. The summed E-state index contributed by atoms with van der Waals surface area (Å²) in [5, 5.41) is 5.67. The first kappa shape index (κ1) is 16.9. The molecule has 2 N–H and O–H groups in total. The number of nitrogens with one attached hydrogen (secondary N) is 2. The number of hydrogen-bond donors (Lipinski definition) is 2. The van der Waals surface area contributed by atoms with Crippen LogP contribution < -0.4 is 10.6 Å². The fourth-order valence-electron chi connectivity index (χ4n) is 2.28. The molecular formula is C20H15BrN2O2. The van der Waals surface area contributed by atoms with E-state index in [0.29, 0.717) is 22.5 Å². The Kier molecular flexibility index (Phi) is 5.26. The average Bonchev–Trinajstić information content (AvgIpc) is 2.66. The van der Waals surface area contributed by atoms with Gasteiger partial charge in [-0.05, 0) is 58.4 Å². The monoisotopic (exact) mass is 394 g/mol. The summed E-state index contributed by atoms with van der Waals surface area (Å²) in [5.74, 6) is -0.420. The second-order valence-corrected chi connectivity index (χ2v) is 6.19. The molecule has 0 bridgehead atoms. The van der Waals surface area contributed by atoms with Crippen molar-refractivity contribution in [2.75, 3.05) is 10.6 Å². The highest BCUT2D eigenvalue weighted by Crippen LogP contribution is 2.27. The summed E-state index contributed by atoms with van der Waals surface area (Å²) in [6.45, 7) is 0. The zero-order valence-electron chi connectivity index (χ0n) is 13.2. The van der Waals surface area contributed by atoms with Gasteiger partial charge in [-0.3, -0.25) is 9.59 Å². The van der Waals surface area contributed by atoms with Crippen LogP contribution in [0, 0.1) is 0 Å². The van der Waals surface area contributed by atoms with Gasteiger partial charge in [0, 0.05) is 21.3 Å².